The highest BCUT2D eigenvalue weighted by Crippen LogP contribution is 2.38. The third-order valence-electron chi connectivity index (χ3n) is 3.91. The predicted octanol–water partition coefficient (Wildman–Crippen LogP) is 0.933. The molecule has 14 nitrogen and oxygen atoms in total. The van der Waals surface area contributed by atoms with Gasteiger partial charge in [0.2, 0.25) is 5.69 Å². The fourth-order valence-corrected chi connectivity index (χ4v) is 2.75. The molecule has 0 aromatic carbocycles. The zero-order chi connectivity index (χ0) is 24.9. The molecule has 0 spiro atoms. The van der Waals surface area contributed by atoms with Crippen LogP contribution >= 0.6 is 23.2 Å². The van der Waals surface area contributed by atoms with Crippen LogP contribution in [0.4, 0.5) is 11.5 Å². The summed E-state index contributed by atoms with van der Waals surface area (Å²) in [5, 5.41) is 6.71. The van der Waals surface area contributed by atoms with Crippen molar-refractivity contribution in [1.29, 1.82) is 0 Å². The molecule has 0 amide bonds. The summed E-state index contributed by atoms with van der Waals surface area (Å²) in [6.45, 7) is 0. The van der Waals surface area contributed by atoms with Gasteiger partial charge in [0.05, 0.1) is 40.5 Å². The summed E-state index contributed by atoms with van der Waals surface area (Å²) in [4.78, 5) is 56.0. The number of hydrogen-bond acceptors (Lipinski definition) is 13. The van der Waals surface area contributed by atoms with Crippen molar-refractivity contribution in [3.63, 3.8) is 0 Å². The Bertz CT molecular complexity index is 1160. The van der Waals surface area contributed by atoms with Crippen molar-refractivity contribution in [1.82, 2.24) is 20.0 Å². The maximum Gasteiger partial charge on any atom is 0.361 e. The van der Waals surface area contributed by atoms with E-state index in [-0.39, 0.29) is 27.4 Å². The van der Waals surface area contributed by atoms with Crippen LogP contribution in [0.5, 0.6) is 0 Å². The molecule has 0 radical (unpaired) electrons. The highest BCUT2D eigenvalue weighted by molar-refractivity contribution is 6.42. The van der Waals surface area contributed by atoms with Crippen molar-refractivity contribution < 1.29 is 38.1 Å². The summed E-state index contributed by atoms with van der Waals surface area (Å²) in [6, 6.07) is 0. The van der Waals surface area contributed by atoms with Crippen molar-refractivity contribution in [3.8, 4) is 5.82 Å². The smallest absolute Gasteiger partial charge is 0.361 e. The minimum atomic E-state index is -1.03. The molecule has 176 valence electrons. The molecule has 0 bridgehead atoms. The predicted molar refractivity (Wildman–Crippen MR) is 112 cm³/mol. The third kappa shape index (κ3) is 5.18. The first-order valence-electron chi connectivity index (χ1n) is 8.60. The van der Waals surface area contributed by atoms with Gasteiger partial charge in [-0.2, -0.15) is 4.68 Å². The molecule has 0 fully saturated rings. The van der Waals surface area contributed by atoms with Gasteiger partial charge in [-0.25, -0.2) is 24.4 Å². The van der Waals surface area contributed by atoms with E-state index >= 15 is 0 Å². The van der Waals surface area contributed by atoms with Gasteiger partial charge in [0, 0.05) is 0 Å². The number of carbonyl (C=O) groups is 4. The largest absolute Gasteiger partial charge is 0.469 e. The number of nitrogen functional groups attached to an aromatic ring is 1. The fourth-order valence-electron chi connectivity index (χ4n) is 2.31. The van der Waals surface area contributed by atoms with E-state index < -0.39 is 47.4 Å². The summed E-state index contributed by atoms with van der Waals surface area (Å²) >= 11 is 12.4. The maximum absolute atomic E-state index is 12.3. The van der Waals surface area contributed by atoms with E-state index in [2.05, 4.69) is 39.2 Å². The number of ether oxygens (including phenoxy) is 4. The Morgan fingerprint density at radius 2 is 1.61 bits per heavy atom. The zero-order valence-electron chi connectivity index (χ0n) is 17.5. The normalized spacial score (nSPS) is 11.0. The van der Waals surface area contributed by atoms with E-state index in [9.17, 15) is 19.2 Å². The van der Waals surface area contributed by atoms with Crippen LogP contribution in [0, 0.1) is 0 Å². The second kappa shape index (κ2) is 10.7. The first-order chi connectivity index (χ1) is 15.6. The molecule has 0 atom stereocenters. The lowest BCUT2D eigenvalue weighted by Gasteiger charge is -2.12. The third-order valence-corrected chi connectivity index (χ3v) is 4.65. The van der Waals surface area contributed by atoms with Crippen LogP contribution in [0.1, 0.15) is 27.4 Å². The molecule has 2 heterocycles. The van der Waals surface area contributed by atoms with Gasteiger partial charge in [-0.1, -0.05) is 28.4 Å². The molecule has 0 aliphatic rings. The van der Waals surface area contributed by atoms with E-state index in [1.54, 1.807) is 0 Å². The Morgan fingerprint density at radius 1 is 0.970 bits per heavy atom. The number of carbonyl (C=O) groups excluding carboxylic acids is 4. The topological polar surface area (TPSA) is 187 Å². The molecule has 33 heavy (non-hydrogen) atoms. The zero-order valence-corrected chi connectivity index (χ0v) is 19.1. The summed E-state index contributed by atoms with van der Waals surface area (Å²) in [6.07, 6.45) is -0.581. The number of halogens is 2. The number of nitrogens with zero attached hydrogens (tertiary/aromatic N) is 5. The molecule has 0 saturated heterocycles. The van der Waals surface area contributed by atoms with E-state index in [4.69, 9.17) is 28.9 Å². The number of pyridine rings is 1. The average molecular weight is 503 g/mol. The number of nitrogens with two attached hydrogens (primary N) is 1. The van der Waals surface area contributed by atoms with Crippen LogP contribution in [-0.2, 0) is 28.5 Å². The van der Waals surface area contributed by atoms with Crippen LogP contribution in [0.15, 0.2) is 4.99 Å². The Morgan fingerprint density at radius 3 is 2.15 bits per heavy atom. The van der Waals surface area contributed by atoms with Crippen LogP contribution in [0.3, 0.4) is 0 Å². The van der Waals surface area contributed by atoms with Crippen LogP contribution in [0.25, 0.3) is 5.82 Å². The standard InChI is InChI=1S/C17H16Cl2N6O8/c1-30-7(26)5-6(15(27)31-2)21-13-8(18)10(20)9(19)14(22-13)25-12(17(29)33-4)11(23-24-25)16(28)32-3/h5H2,1-4H3,(H2,20,22). The molecule has 0 saturated carbocycles. The highest BCUT2D eigenvalue weighted by atomic mass is 35.5. The van der Waals surface area contributed by atoms with Crippen molar-refractivity contribution in [3.05, 3.63) is 21.4 Å². The number of hydrogen-bond donors (Lipinski definition) is 1. The van der Waals surface area contributed by atoms with Crippen molar-refractivity contribution in [2.45, 2.75) is 6.42 Å². The SMILES string of the molecule is COC(=O)CC(=Nc1nc(-n2nnc(C(=O)OC)c2C(=O)OC)c(Cl)c(N)c1Cl)C(=O)OC. The number of esters is 4. The molecule has 0 aliphatic heterocycles. The number of aliphatic imine (C=N–C) groups is 1. The Balaban J connectivity index is 2.80. The number of methoxy groups -OCH3 is 4. The Kier molecular flexibility index (Phi) is 8.26. The van der Waals surface area contributed by atoms with Crippen molar-refractivity contribution in [2.24, 2.45) is 4.99 Å². The molecule has 0 aliphatic carbocycles. The van der Waals surface area contributed by atoms with Gasteiger partial charge in [0.15, 0.2) is 17.3 Å². The van der Waals surface area contributed by atoms with E-state index in [0.717, 1.165) is 33.1 Å². The first kappa shape index (κ1) is 25.5. The molecular formula is C17H16Cl2N6O8. The number of anilines is 1. The lowest BCUT2D eigenvalue weighted by Crippen LogP contribution is -2.20. The van der Waals surface area contributed by atoms with Crippen molar-refractivity contribution in [2.75, 3.05) is 34.2 Å². The molecule has 2 N–H and O–H groups in total. The second-order valence-corrected chi connectivity index (χ2v) is 6.54. The summed E-state index contributed by atoms with van der Waals surface area (Å²) < 4.78 is 19.1. The monoisotopic (exact) mass is 502 g/mol. The van der Waals surface area contributed by atoms with Crippen LogP contribution in [-0.4, -0.2) is 78.0 Å². The highest BCUT2D eigenvalue weighted by Gasteiger charge is 2.30. The Labute approximate surface area is 195 Å². The lowest BCUT2D eigenvalue weighted by atomic mass is 10.2. The van der Waals surface area contributed by atoms with Gasteiger partial charge in [0.1, 0.15) is 15.8 Å². The molecule has 16 heteroatoms. The molecule has 2 rings (SSSR count). The number of aromatic nitrogens is 4. The average Bonchev–Trinajstić information content (AvgIpc) is 3.26. The molecule has 2 aromatic rings. The summed E-state index contributed by atoms with van der Waals surface area (Å²) in [5.41, 5.74) is 4.26. The van der Waals surface area contributed by atoms with Gasteiger partial charge >= 0.3 is 23.9 Å². The van der Waals surface area contributed by atoms with Gasteiger partial charge in [-0.3, -0.25) is 4.79 Å². The first-order valence-corrected chi connectivity index (χ1v) is 9.36. The minimum absolute atomic E-state index is 0.268. The minimum Gasteiger partial charge on any atom is -0.469 e. The second-order valence-electron chi connectivity index (χ2n) is 5.79. The quantitative estimate of drug-likeness (QED) is 0.320. The number of rotatable bonds is 7. The van der Waals surface area contributed by atoms with Gasteiger partial charge in [0.25, 0.3) is 0 Å². The van der Waals surface area contributed by atoms with E-state index in [0.29, 0.717) is 0 Å². The Hall–Kier alpha value is -3.78. The lowest BCUT2D eigenvalue weighted by molar-refractivity contribution is -0.140. The van der Waals surface area contributed by atoms with Gasteiger partial charge < -0.3 is 24.7 Å². The van der Waals surface area contributed by atoms with Crippen molar-refractivity contribution >= 4 is 64.3 Å². The van der Waals surface area contributed by atoms with Crippen LogP contribution < -0.4 is 5.73 Å². The maximum atomic E-state index is 12.3. The van der Waals surface area contributed by atoms with E-state index in [1.165, 1.54) is 0 Å². The van der Waals surface area contributed by atoms with Crippen LogP contribution in [0.2, 0.25) is 10.0 Å². The molecule has 0 unspecified atom stereocenters. The molecular weight excluding hydrogens is 487 g/mol. The molecule has 2 aromatic heterocycles. The van der Waals surface area contributed by atoms with Gasteiger partial charge in [-0.05, 0) is 0 Å². The van der Waals surface area contributed by atoms with Gasteiger partial charge in [-0.15, -0.1) is 5.10 Å². The fraction of sp³-hybridized carbons (Fsp3) is 0.294. The summed E-state index contributed by atoms with van der Waals surface area (Å²) in [7, 11) is 4.30. The summed E-state index contributed by atoms with van der Waals surface area (Å²) in [5.74, 6) is -4.53. The van der Waals surface area contributed by atoms with E-state index in [1.807, 2.05) is 0 Å².